The molecule has 4 aromatic carbocycles. The molecule has 2 fully saturated rings. The maximum Gasteiger partial charge on any atom is 0.328 e. The van der Waals surface area contributed by atoms with Crippen molar-refractivity contribution in [1.82, 2.24) is 15.5 Å². The van der Waals surface area contributed by atoms with E-state index in [0.717, 1.165) is 58.6 Å². The third-order valence-corrected chi connectivity index (χ3v) is 10.5. The van der Waals surface area contributed by atoms with Crippen molar-refractivity contribution in [3.63, 3.8) is 0 Å². The van der Waals surface area contributed by atoms with Crippen molar-refractivity contribution in [2.45, 2.75) is 83.1 Å². The highest BCUT2D eigenvalue weighted by atomic mass is 16.7. The molecular weight excluding hydrogens is 666 g/mol. The first-order chi connectivity index (χ1) is 25.9. The molecule has 9 heteroatoms. The molecule has 0 aromatic heterocycles. The van der Waals surface area contributed by atoms with Gasteiger partial charge in [0.2, 0.25) is 0 Å². The van der Waals surface area contributed by atoms with E-state index in [2.05, 4.69) is 64.9 Å². The Kier molecular flexibility index (Phi) is 13.7. The minimum Gasteiger partial charge on any atom is -0.467 e. The Labute approximate surface area is 313 Å². The number of hydrogen-bond donors (Lipinski definition) is 3. The largest absolute Gasteiger partial charge is 0.467 e. The number of likely N-dealkylation sites (tertiary alicyclic amines) is 1. The number of esters is 1. The van der Waals surface area contributed by atoms with E-state index in [1.807, 2.05) is 60.7 Å². The highest BCUT2D eigenvalue weighted by Gasteiger charge is 2.39. The summed E-state index contributed by atoms with van der Waals surface area (Å²) < 4.78 is 18.4. The van der Waals surface area contributed by atoms with Crippen LogP contribution in [0.4, 0.5) is 4.79 Å². The summed E-state index contributed by atoms with van der Waals surface area (Å²) >= 11 is 0. The van der Waals surface area contributed by atoms with Crippen LogP contribution in [-0.2, 0) is 38.6 Å². The number of aliphatic hydroxyl groups is 1. The van der Waals surface area contributed by atoms with E-state index in [1.54, 1.807) is 0 Å². The van der Waals surface area contributed by atoms with Crippen molar-refractivity contribution in [3.8, 4) is 11.1 Å². The van der Waals surface area contributed by atoms with Gasteiger partial charge in [-0.05, 0) is 65.4 Å². The smallest absolute Gasteiger partial charge is 0.328 e. The average molecular weight is 720 g/mol. The second-order valence-electron chi connectivity index (χ2n) is 14.3. The molecule has 2 heterocycles. The van der Waals surface area contributed by atoms with Crippen molar-refractivity contribution < 1.29 is 28.9 Å². The molecule has 0 saturated carbocycles. The monoisotopic (exact) mass is 719 g/mol. The first kappa shape index (κ1) is 38.2. The molecule has 280 valence electrons. The van der Waals surface area contributed by atoms with E-state index < -0.39 is 24.3 Å². The van der Waals surface area contributed by atoms with Gasteiger partial charge in [-0.2, -0.15) is 0 Å². The number of carbonyl (C=O) groups is 2. The van der Waals surface area contributed by atoms with Gasteiger partial charge in [-0.3, -0.25) is 0 Å². The molecule has 4 aromatic rings. The van der Waals surface area contributed by atoms with Crippen LogP contribution in [0.2, 0.25) is 0 Å². The summed E-state index contributed by atoms with van der Waals surface area (Å²) in [7, 11) is 1.32. The van der Waals surface area contributed by atoms with E-state index in [-0.39, 0.29) is 31.3 Å². The first-order valence-corrected chi connectivity index (χ1v) is 19.0. The molecule has 9 nitrogen and oxygen atoms in total. The zero-order valence-corrected chi connectivity index (χ0v) is 30.9. The van der Waals surface area contributed by atoms with Crippen LogP contribution >= 0.6 is 0 Å². The molecule has 2 amide bonds. The minimum absolute atomic E-state index is 0.00186. The van der Waals surface area contributed by atoms with Crippen LogP contribution in [0.25, 0.3) is 11.1 Å². The number of aliphatic hydroxyl groups excluding tert-OH is 1. The normalized spacial score (nSPS) is 21.5. The molecule has 0 bridgehead atoms. The fraction of sp³-hybridized carbons (Fsp3) is 0.409. The van der Waals surface area contributed by atoms with E-state index >= 15 is 0 Å². The number of nitrogens with zero attached hydrogens (tertiary/aromatic N) is 1. The van der Waals surface area contributed by atoms with Gasteiger partial charge in [0, 0.05) is 31.0 Å². The van der Waals surface area contributed by atoms with Crippen molar-refractivity contribution in [3.05, 3.63) is 131 Å². The maximum atomic E-state index is 12.8. The topological polar surface area (TPSA) is 109 Å². The SMILES string of the molecule is COC(=O)[C@H](Cc1ccccc1)NC(=O)NCc1cccc(-c2ccc([C@H]3O[C@@H](CN4CCCCCCC4)[C@@H](C)[C@@H](c4ccc(CO)cc4)O3)cc2)c1. The van der Waals surface area contributed by atoms with Crippen LogP contribution in [0, 0.1) is 5.92 Å². The summed E-state index contributed by atoms with van der Waals surface area (Å²) in [5, 5.41) is 15.3. The number of rotatable bonds is 12. The van der Waals surface area contributed by atoms with Gasteiger partial charge in [-0.1, -0.05) is 123 Å². The molecule has 6 rings (SSSR count). The summed E-state index contributed by atoms with van der Waals surface area (Å²) in [5.41, 5.74) is 6.83. The fourth-order valence-electron chi connectivity index (χ4n) is 7.35. The summed E-state index contributed by atoms with van der Waals surface area (Å²) in [6.07, 6.45) is 6.02. The van der Waals surface area contributed by atoms with Gasteiger partial charge < -0.3 is 34.9 Å². The first-order valence-electron chi connectivity index (χ1n) is 19.0. The molecule has 2 saturated heterocycles. The molecule has 53 heavy (non-hydrogen) atoms. The standard InChI is InChI=1S/C44H53N3O6/c1-31-40(29-47-24-9-4-3-5-10-25-47)52-43(53-41(31)36-18-16-33(30-48)17-19-36)37-22-20-35(21-23-37)38-15-11-14-34(26-38)28-45-44(50)46-39(42(49)51-2)27-32-12-7-6-8-13-32/h6-8,11-23,26,31,39-41,43,48H,3-5,9-10,24-25,27-30H2,1-2H3,(H2,45,46,50)/t31-,39+,40+,41+,43+/m1/s1. The van der Waals surface area contributed by atoms with Crippen molar-refractivity contribution in [1.29, 1.82) is 0 Å². The Morgan fingerprint density at radius 2 is 1.47 bits per heavy atom. The highest BCUT2D eigenvalue weighted by molar-refractivity contribution is 5.83. The molecule has 0 spiro atoms. The number of methoxy groups -OCH3 is 1. The quantitative estimate of drug-likeness (QED) is 0.130. The molecular formula is C44H53N3O6. The molecule has 2 aliphatic heterocycles. The van der Waals surface area contributed by atoms with Gasteiger partial charge >= 0.3 is 12.0 Å². The van der Waals surface area contributed by atoms with E-state index in [4.69, 9.17) is 14.2 Å². The Balaban J connectivity index is 1.12. The number of carbonyl (C=O) groups excluding carboxylic acids is 2. The lowest BCUT2D eigenvalue weighted by Crippen LogP contribution is -2.47. The Morgan fingerprint density at radius 1 is 0.792 bits per heavy atom. The molecule has 0 radical (unpaired) electrons. The highest BCUT2D eigenvalue weighted by Crippen LogP contribution is 2.42. The Hall–Kier alpha value is -4.54. The average Bonchev–Trinajstić information content (AvgIpc) is 3.19. The third kappa shape index (κ3) is 10.5. The van der Waals surface area contributed by atoms with Crippen LogP contribution in [0.15, 0.2) is 103 Å². The molecule has 0 unspecified atom stereocenters. The molecule has 0 aliphatic carbocycles. The van der Waals surface area contributed by atoms with Gasteiger partial charge in [0.25, 0.3) is 0 Å². The summed E-state index contributed by atoms with van der Waals surface area (Å²) in [6.45, 7) is 5.61. The van der Waals surface area contributed by atoms with Gasteiger partial charge in [0.15, 0.2) is 6.29 Å². The van der Waals surface area contributed by atoms with Gasteiger partial charge in [-0.15, -0.1) is 0 Å². The van der Waals surface area contributed by atoms with Crippen LogP contribution < -0.4 is 10.6 Å². The zero-order chi connectivity index (χ0) is 37.0. The second-order valence-corrected chi connectivity index (χ2v) is 14.3. The molecule has 3 N–H and O–H groups in total. The van der Waals surface area contributed by atoms with Crippen LogP contribution in [0.3, 0.4) is 0 Å². The van der Waals surface area contributed by atoms with E-state index in [9.17, 15) is 14.7 Å². The molecule has 2 aliphatic rings. The van der Waals surface area contributed by atoms with Crippen LogP contribution in [0.1, 0.15) is 79.2 Å². The van der Waals surface area contributed by atoms with E-state index in [0.29, 0.717) is 6.42 Å². The summed E-state index contributed by atoms with van der Waals surface area (Å²) in [6, 6.07) is 32.7. The van der Waals surface area contributed by atoms with Crippen molar-refractivity contribution in [2.75, 3.05) is 26.7 Å². The number of benzene rings is 4. The van der Waals surface area contributed by atoms with Crippen molar-refractivity contribution >= 4 is 12.0 Å². The second kappa shape index (κ2) is 19.0. The number of ether oxygens (including phenoxy) is 3. The lowest BCUT2D eigenvalue weighted by Gasteiger charge is -2.43. The lowest BCUT2D eigenvalue weighted by atomic mass is 9.89. The molecule has 5 atom stereocenters. The summed E-state index contributed by atoms with van der Waals surface area (Å²) in [5.74, 6) is -0.354. The maximum absolute atomic E-state index is 12.8. The van der Waals surface area contributed by atoms with Crippen molar-refractivity contribution in [2.24, 2.45) is 5.92 Å². The lowest BCUT2D eigenvalue weighted by molar-refractivity contribution is -0.276. The number of urea groups is 1. The fourth-order valence-corrected chi connectivity index (χ4v) is 7.35. The number of hydrogen-bond acceptors (Lipinski definition) is 7. The van der Waals surface area contributed by atoms with Gasteiger partial charge in [0.05, 0.1) is 25.9 Å². The van der Waals surface area contributed by atoms with E-state index in [1.165, 1.54) is 39.2 Å². The number of amides is 2. The minimum atomic E-state index is -0.802. The zero-order valence-electron chi connectivity index (χ0n) is 30.9. The summed E-state index contributed by atoms with van der Waals surface area (Å²) in [4.78, 5) is 27.8. The van der Waals surface area contributed by atoms with Gasteiger partial charge in [0.1, 0.15) is 6.04 Å². The number of nitrogens with one attached hydrogen (secondary N) is 2. The van der Waals surface area contributed by atoms with Gasteiger partial charge in [-0.25, -0.2) is 9.59 Å². The van der Waals surface area contributed by atoms with Crippen LogP contribution in [-0.4, -0.2) is 60.9 Å². The Bertz CT molecular complexity index is 1740. The van der Waals surface area contributed by atoms with Crippen LogP contribution in [0.5, 0.6) is 0 Å². The Morgan fingerprint density at radius 3 is 2.17 bits per heavy atom. The predicted octanol–water partition coefficient (Wildman–Crippen LogP) is 7.49. The predicted molar refractivity (Wildman–Crippen MR) is 206 cm³/mol. The third-order valence-electron chi connectivity index (χ3n) is 10.5.